The Kier molecular flexibility index (Phi) is 18.9. The first kappa shape index (κ1) is 71.4. The van der Waals surface area contributed by atoms with E-state index in [1.54, 1.807) is 53.4 Å². The van der Waals surface area contributed by atoms with E-state index >= 15 is 0 Å². The monoisotopic (exact) mass is 1490 g/mol. The fraction of sp³-hybridized carbons (Fsp3) is 0.320. The van der Waals surface area contributed by atoms with Gasteiger partial charge in [-0.05, 0) is 99.6 Å². The van der Waals surface area contributed by atoms with Crippen molar-refractivity contribution in [3.63, 3.8) is 0 Å². The van der Waals surface area contributed by atoms with E-state index in [1.807, 2.05) is 129 Å². The zero-order valence-electron chi connectivity index (χ0n) is 62.1. The molecule has 15 aromatic rings. The van der Waals surface area contributed by atoms with Crippen LogP contribution in [0.1, 0.15) is 150 Å². The Morgan fingerprint density at radius 2 is 0.829 bits per heavy atom. The average Bonchev–Trinajstić information content (AvgIpc) is 1.65. The van der Waals surface area contributed by atoms with Crippen molar-refractivity contribution in [1.82, 2.24) is 118 Å². The SMILES string of the molecule is CC[C@H](Nc1ncnc(N)c1-c1nc(C)no1)c1nc2cccc(-c3cnn(C)c3)c2c(=O)n1C1CC1.CC[C@H](Nc1ncnc(N)c1-c1nnc(C)o1)c1nc2cccc(-c3cnn(C)c3)c2c(=O)n1C1CC1.CC[C@H](Nc1ncnc(N)c1-c1noc(C)n1)c1nc2cccc(-c3cnn(C)c3)c2c(=O)n1C1CC1. The largest absolute Gasteiger partial charge is 0.421 e. The molecule has 0 amide bonds. The molecule has 36 nitrogen and oxygen atoms in total. The second-order valence-corrected chi connectivity index (χ2v) is 27.6. The molecular formula is C75H78N30O6. The van der Waals surface area contributed by atoms with Gasteiger partial charge in [-0.15, -0.1) is 10.2 Å². The van der Waals surface area contributed by atoms with Crippen molar-refractivity contribution in [2.45, 2.75) is 136 Å². The molecule has 3 aromatic carbocycles. The van der Waals surface area contributed by atoms with Crippen LogP contribution in [-0.4, -0.2) is 118 Å². The minimum Gasteiger partial charge on any atom is -0.421 e. The van der Waals surface area contributed by atoms with Gasteiger partial charge in [0.25, 0.3) is 28.5 Å². The molecule has 111 heavy (non-hydrogen) atoms. The van der Waals surface area contributed by atoms with Gasteiger partial charge < -0.3 is 46.6 Å². The molecule has 3 atom stereocenters. The Morgan fingerprint density at radius 3 is 1.14 bits per heavy atom. The lowest BCUT2D eigenvalue weighted by Gasteiger charge is -2.23. The third-order valence-corrected chi connectivity index (χ3v) is 19.6. The molecule has 0 unspecified atom stereocenters. The van der Waals surface area contributed by atoms with Gasteiger partial charge in [0.2, 0.25) is 17.6 Å². The first-order valence-electron chi connectivity index (χ1n) is 36.5. The zero-order valence-corrected chi connectivity index (χ0v) is 62.1. The normalized spacial score (nSPS) is 14.2. The van der Waals surface area contributed by atoms with Crippen LogP contribution in [0.5, 0.6) is 0 Å². The predicted molar refractivity (Wildman–Crippen MR) is 413 cm³/mol. The molecule has 3 aliphatic carbocycles. The minimum absolute atomic E-state index is 0.0570. The molecule has 18 rings (SSSR count). The molecule has 0 aliphatic heterocycles. The Morgan fingerprint density at radius 1 is 0.450 bits per heavy atom. The van der Waals surface area contributed by atoms with E-state index in [9.17, 15) is 14.4 Å². The number of fused-ring (bicyclic) bond motifs is 3. The first-order valence-corrected chi connectivity index (χ1v) is 36.5. The summed E-state index contributed by atoms with van der Waals surface area (Å²) in [5, 5.41) is 40.8. The van der Waals surface area contributed by atoms with Crippen LogP contribution in [0.25, 0.3) is 100 Å². The van der Waals surface area contributed by atoms with Crippen molar-refractivity contribution in [1.29, 1.82) is 0 Å². The summed E-state index contributed by atoms with van der Waals surface area (Å²) in [5.41, 5.74) is 26.7. The van der Waals surface area contributed by atoms with Crippen LogP contribution in [0.4, 0.5) is 34.9 Å². The van der Waals surface area contributed by atoms with E-state index in [1.165, 1.54) is 19.0 Å². The third kappa shape index (κ3) is 14.0. The molecular weight excluding hydrogens is 1420 g/mol. The number of nitrogens with one attached hydrogen (secondary N) is 3. The molecule has 3 saturated carbocycles. The van der Waals surface area contributed by atoms with Gasteiger partial charge in [0.05, 0.1) is 69.4 Å². The maximum atomic E-state index is 14.0. The molecule has 9 N–H and O–H groups in total. The number of nitrogens with two attached hydrogens (primary N) is 3. The van der Waals surface area contributed by atoms with Crippen LogP contribution in [0, 0.1) is 20.8 Å². The van der Waals surface area contributed by atoms with E-state index in [0.717, 1.165) is 71.9 Å². The number of hydrogen-bond donors (Lipinski definition) is 6. The van der Waals surface area contributed by atoms with E-state index < -0.39 is 0 Å². The smallest absolute Gasteiger partial charge is 0.265 e. The Hall–Kier alpha value is -13.8. The van der Waals surface area contributed by atoms with Crippen molar-refractivity contribution in [2.24, 2.45) is 21.1 Å². The molecule has 564 valence electrons. The number of aromatic nitrogens is 24. The number of aryl methyl sites for hydroxylation is 6. The topological polar surface area (TPSA) is 466 Å². The van der Waals surface area contributed by atoms with Gasteiger partial charge in [0, 0.05) is 88.4 Å². The Balaban J connectivity index is 0.000000126. The summed E-state index contributed by atoms with van der Waals surface area (Å²) in [6.07, 6.45) is 22.6. The second-order valence-electron chi connectivity index (χ2n) is 27.6. The highest BCUT2D eigenvalue weighted by molar-refractivity contribution is 5.96. The summed E-state index contributed by atoms with van der Waals surface area (Å²) in [7, 11) is 5.57. The van der Waals surface area contributed by atoms with Crippen molar-refractivity contribution in [3.8, 4) is 67.7 Å². The summed E-state index contributed by atoms with van der Waals surface area (Å²) < 4.78 is 26.8. The number of hydrogen-bond acceptors (Lipinski definition) is 30. The third-order valence-electron chi connectivity index (χ3n) is 19.6. The molecule has 12 aromatic heterocycles. The summed E-state index contributed by atoms with van der Waals surface area (Å²) in [5.74, 6) is 5.92. The lowest BCUT2D eigenvalue weighted by Crippen LogP contribution is -2.29. The maximum Gasteiger partial charge on any atom is 0.265 e. The molecule has 0 bridgehead atoms. The van der Waals surface area contributed by atoms with E-state index in [4.69, 9.17) is 45.6 Å². The molecule has 0 spiro atoms. The molecule has 0 radical (unpaired) electrons. The summed E-state index contributed by atoms with van der Waals surface area (Å²) in [4.78, 5) is 91.4. The quantitative estimate of drug-likeness (QED) is 0.0389. The van der Waals surface area contributed by atoms with Gasteiger partial charge in [0.1, 0.15) is 88.1 Å². The number of rotatable bonds is 21. The highest BCUT2D eigenvalue weighted by atomic mass is 16.5. The average molecular weight is 1500 g/mol. The molecule has 12 heterocycles. The van der Waals surface area contributed by atoms with E-state index in [-0.39, 0.29) is 82.2 Å². The Bertz CT molecular complexity index is 5640. The standard InChI is InChI=1S/3C25H26N10O2/c1-4-17(31-22-20(21(26)27-12-28-22)23-30-13(2)37-33-23)24-32-18-7-5-6-16(14-10-29-34(3)11-14)19(18)25(36)35(24)15-8-9-15;1-4-17(30-22-20(21(26)27-12-28-22)24-33-32-13(2)37-24)23-31-18-7-5-6-16(14-10-29-34(3)11-14)19(18)25(36)35(23)15-8-9-15;1-4-17(31-22-20(21(26)27-12-28-22)24-30-13(2)33-37-24)23-32-18-7-5-6-16(14-10-29-34(3)11-14)19(18)25(36)35(23)15-8-9-15/h5-7,10-12,15,17H,4,8-9H2,1-3H3,(H3,26,27,28,31);5-7,10-12,15,17H,4,8-9H2,1-3H3,(H3,26,27,28,30);5-7,10-12,15,17H,4,8-9H2,1-3H3,(H3,26,27,28,31)/t3*17-/m000/s1. The second kappa shape index (κ2) is 29.4. The van der Waals surface area contributed by atoms with Crippen molar-refractivity contribution < 1.29 is 13.5 Å². The van der Waals surface area contributed by atoms with Gasteiger partial charge in [-0.25, -0.2) is 44.9 Å². The van der Waals surface area contributed by atoms with Crippen LogP contribution in [0.2, 0.25) is 0 Å². The first-order chi connectivity index (χ1) is 53.8. The lowest BCUT2D eigenvalue weighted by molar-refractivity contribution is 0.394. The number of benzene rings is 3. The maximum absolute atomic E-state index is 14.0. The van der Waals surface area contributed by atoms with E-state index in [2.05, 4.69) is 91.6 Å². The Labute approximate surface area is 631 Å². The molecule has 3 fully saturated rings. The van der Waals surface area contributed by atoms with Crippen molar-refractivity contribution in [3.05, 3.63) is 177 Å². The molecule has 36 heteroatoms. The van der Waals surface area contributed by atoms with Gasteiger partial charge in [-0.3, -0.25) is 42.1 Å². The van der Waals surface area contributed by atoms with Gasteiger partial charge in [-0.1, -0.05) is 67.5 Å². The van der Waals surface area contributed by atoms with Gasteiger partial charge in [0.15, 0.2) is 5.82 Å². The van der Waals surface area contributed by atoms with Gasteiger partial charge in [-0.2, -0.15) is 25.3 Å². The summed E-state index contributed by atoms with van der Waals surface area (Å²) in [6.45, 7) is 11.2. The van der Waals surface area contributed by atoms with E-state index in [0.29, 0.717) is 127 Å². The van der Waals surface area contributed by atoms with Crippen LogP contribution in [-0.2, 0) is 21.1 Å². The minimum atomic E-state index is -0.336. The summed E-state index contributed by atoms with van der Waals surface area (Å²) in [6, 6.07) is 16.5. The van der Waals surface area contributed by atoms with Crippen LogP contribution in [0.15, 0.2) is 139 Å². The van der Waals surface area contributed by atoms with Crippen LogP contribution >= 0.6 is 0 Å². The highest BCUT2D eigenvalue weighted by Crippen LogP contribution is 2.43. The molecule has 0 saturated heterocycles. The molecule has 3 aliphatic rings. The lowest BCUT2D eigenvalue weighted by atomic mass is 10.0. The fourth-order valence-electron chi connectivity index (χ4n) is 13.9. The van der Waals surface area contributed by atoms with Crippen LogP contribution in [0.3, 0.4) is 0 Å². The predicted octanol–water partition coefficient (Wildman–Crippen LogP) is 10.3. The zero-order chi connectivity index (χ0) is 77.0. The number of anilines is 6. The van der Waals surface area contributed by atoms with Crippen molar-refractivity contribution in [2.75, 3.05) is 33.2 Å². The number of nitrogens with zero attached hydrogens (tertiary/aromatic N) is 24. The fourth-order valence-corrected chi connectivity index (χ4v) is 13.9. The summed E-state index contributed by atoms with van der Waals surface area (Å²) >= 11 is 0. The highest BCUT2D eigenvalue weighted by Gasteiger charge is 2.37. The van der Waals surface area contributed by atoms with Crippen molar-refractivity contribution >= 4 is 67.6 Å². The van der Waals surface area contributed by atoms with Gasteiger partial charge >= 0.3 is 0 Å². The van der Waals surface area contributed by atoms with Crippen LogP contribution < -0.4 is 49.8 Å². The number of nitrogen functional groups attached to an aromatic ring is 3.